The Morgan fingerprint density at radius 2 is 2.11 bits per heavy atom. The smallest absolute Gasteiger partial charge is 0.311 e. The van der Waals surface area contributed by atoms with Gasteiger partial charge in [-0.1, -0.05) is 29.8 Å². The van der Waals surface area contributed by atoms with Crippen molar-refractivity contribution in [2.24, 2.45) is 0 Å². The van der Waals surface area contributed by atoms with Gasteiger partial charge in [-0.2, -0.15) is 0 Å². The first-order valence-corrected chi connectivity index (χ1v) is 6.13. The van der Waals surface area contributed by atoms with E-state index in [9.17, 15) is 14.7 Å². The first kappa shape index (κ1) is 15.0. The molecule has 0 aliphatic carbocycles. The Kier molecular flexibility index (Phi) is 5.30. The molecule has 0 aliphatic heterocycles. The zero-order chi connectivity index (χ0) is 14.4. The van der Waals surface area contributed by atoms with Gasteiger partial charge in [0.1, 0.15) is 0 Å². The molecule has 1 aromatic carbocycles. The van der Waals surface area contributed by atoms with Crippen LogP contribution in [0, 0.1) is 13.8 Å². The highest BCUT2D eigenvalue weighted by Gasteiger charge is 2.24. The van der Waals surface area contributed by atoms with Crippen LogP contribution in [0.15, 0.2) is 30.9 Å². The summed E-state index contributed by atoms with van der Waals surface area (Å²) in [6, 6.07) is 5.57. The summed E-state index contributed by atoms with van der Waals surface area (Å²) in [5.41, 5.74) is 2.65. The van der Waals surface area contributed by atoms with Gasteiger partial charge < -0.3 is 10.4 Å². The van der Waals surface area contributed by atoms with Crippen LogP contribution < -0.4 is 5.32 Å². The number of hydrogen-bond donors (Lipinski definition) is 2. The summed E-state index contributed by atoms with van der Waals surface area (Å²) in [5, 5.41) is 11.9. The number of carbonyl (C=O) groups is 2. The van der Waals surface area contributed by atoms with Crippen molar-refractivity contribution in [2.45, 2.75) is 26.2 Å². The summed E-state index contributed by atoms with van der Waals surface area (Å²) >= 11 is 0. The number of benzene rings is 1. The predicted octanol–water partition coefficient (Wildman–Crippen LogP) is 2.16. The van der Waals surface area contributed by atoms with Crippen LogP contribution in [0.1, 0.15) is 29.0 Å². The Hall–Kier alpha value is -2.10. The van der Waals surface area contributed by atoms with E-state index in [0.717, 1.165) is 11.1 Å². The second-order valence-corrected chi connectivity index (χ2v) is 4.55. The van der Waals surface area contributed by atoms with Crippen LogP contribution in [-0.4, -0.2) is 23.5 Å². The Bertz CT molecular complexity index is 494. The van der Waals surface area contributed by atoms with Gasteiger partial charge in [0.05, 0.1) is 5.92 Å². The molecule has 1 unspecified atom stereocenters. The molecule has 4 heteroatoms. The van der Waals surface area contributed by atoms with E-state index < -0.39 is 11.9 Å². The largest absolute Gasteiger partial charge is 0.481 e. The number of hydrogen-bond acceptors (Lipinski definition) is 2. The van der Waals surface area contributed by atoms with E-state index in [0.29, 0.717) is 12.1 Å². The molecule has 0 spiro atoms. The van der Waals surface area contributed by atoms with E-state index >= 15 is 0 Å². The molecule has 0 radical (unpaired) electrons. The van der Waals surface area contributed by atoms with Crippen molar-refractivity contribution in [3.05, 3.63) is 47.5 Å². The normalized spacial score (nSPS) is 11.7. The SMILES string of the molecule is C=CCNC(=O)CC(C(=O)O)c1ccc(C)cc1C. The first-order chi connectivity index (χ1) is 8.95. The molecule has 0 aliphatic rings. The minimum Gasteiger partial charge on any atom is -0.481 e. The standard InChI is InChI=1S/C15H19NO3/c1-4-7-16-14(17)9-13(15(18)19)12-6-5-10(2)8-11(12)3/h4-6,8,13H,1,7,9H2,2-3H3,(H,16,17)(H,18,19). The fourth-order valence-electron chi connectivity index (χ4n) is 1.99. The summed E-state index contributed by atoms with van der Waals surface area (Å²) in [6.45, 7) is 7.65. The minimum atomic E-state index is -0.985. The van der Waals surface area contributed by atoms with Gasteiger partial charge in [0.2, 0.25) is 5.91 Å². The van der Waals surface area contributed by atoms with Crippen LogP contribution in [0.2, 0.25) is 0 Å². The van der Waals surface area contributed by atoms with Crippen LogP contribution in [0.4, 0.5) is 0 Å². The molecule has 0 aromatic heterocycles. The van der Waals surface area contributed by atoms with E-state index in [1.807, 2.05) is 26.0 Å². The van der Waals surface area contributed by atoms with Crippen LogP contribution in [0.5, 0.6) is 0 Å². The number of aryl methyl sites for hydroxylation is 2. The van der Waals surface area contributed by atoms with E-state index in [-0.39, 0.29) is 12.3 Å². The highest BCUT2D eigenvalue weighted by molar-refractivity contribution is 5.86. The van der Waals surface area contributed by atoms with Gasteiger partial charge in [-0.3, -0.25) is 9.59 Å². The van der Waals surface area contributed by atoms with Crippen molar-refractivity contribution in [1.82, 2.24) is 5.32 Å². The van der Waals surface area contributed by atoms with Crippen molar-refractivity contribution in [3.63, 3.8) is 0 Å². The quantitative estimate of drug-likeness (QED) is 0.771. The maximum atomic E-state index is 11.6. The monoisotopic (exact) mass is 261 g/mol. The topological polar surface area (TPSA) is 66.4 Å². The van der Waals surface area contributed by atoms with Gasteiger partial charge in [0.25, 0.3) is 0 Å². The van der Waals surface area contributed by atoms with Gasteiger partial charge >= 0.3 is 5.97 Å². The summed E-state index contributed by atoms with van der Waals surface area (Å²) in [4.78, 5) is 23.0. The van der Waals surface area contributed by atoms with Crippen molar-refractivity contribution >= 4 is 11.9 Å². The van der Waals surface area contributed by atoms with Crippen LogP contribution in [-0.2, 0) is 9.59 Å². The number of carboxylic acids is 1. The highest BCUT2D eigenvalue weighted by atomic mass is 16.4. The average Bonchev–Trinajstić information content (AvgIpc) is 2.34. The van der Waals surface area contributed by atoms with Crippen molar-refractivity contribution < 1.29 is 14.7 Å². The molecule has 0 bridgehead atoms. The molecule has 1 amide bonds. The fourth-order valence-corrected chi connectivity index (χ4v) is 1.99. The molecule has 19 heavy (non-hydrogen) atoms. The maximum absolute atomic E-state index is 11.6. The fraction of sp³-hybridized carbons (Fsp3) is 0.333. The third-order valence-corrected chi connectivity index (χ3v) is 2.93. The van der Waals surface area contributed by atoms with Crippen molar-refractivity contribution in [3.8, 4) is 0 Å². The molecule has 102 valence electrons. The Morgan fingerprint density at radius 1 is 1.42 bits per heavy atom. The van der Waals surface area contributed by atoms with Crippen LogP contribution in [0.3, 0.4) is 0 Å². The van der Waals surface area contributed by atoms with Crippen LogP contribution >= 0.6 is 0 Å². The van der Waals surface area contributed by atoms with E-state index in [2.05, 4.69) is 11.9 Å². The molecule has 1 aromatic rings. The number of nitrogens with one attached hydrogen (secondary N) is 1. The van der Waals surface area contributed by atoms with Gasteiger partial charge in [0.15, 0.2) is 0 Å². The molecule has 0 saturated carbocycles. The molecule has 1 rings (SSSR count). The number of amides is 1. The molecule has 4 nitrogen and oxygen atoms in total. The van der Waals surface area contributed by atoms with Gasteiger partial charge in [0, 0.05) is 13.0 Å². The lowest BCUT2D eigenvalue weighted by Gasteiger charge is -2.15. The molecule has 0 heterocycles. The van der Waals surface area contributed by atoms with E-state index in [1.54, 1.807) is 12.1 Å². The predicted molar refractivity (Wildman–Crippen MR) is 74.1 cm³/mol. The van der Waals surface area contributed by atoms with Crippen molar-refractivity contribution in [1.29, 1.82) is 0 Å². The zero-order valence-electron chi connectivity index (χ0n) is 11.3. The molecule has 2 N–H and O–H groups in total. The van der Waals surface area contributed by atoms with Crippen LogP contribution in [0.25, 0.3) is 0 Å². The Morgan fingerprint density at radius 3 is 2.63 bits per heavy atom. The van der Waals surface area contributed by atoms with Gasteiger partial charge in [-0.25, -0.2) is 0 Å². The minimum absolute atomic E-state index is 0.0624. The number of carbonyl (C=O) groups excluding carboxylic acids is 1. The lowest BCUT2D eigenvalue weighted by atomic mass is 9.91. The average molecular weight is 261 g/mol. The molecular weight excluding hydrogens is 242 g/mol. The Labute approximate surface area is 113 Å². The van der Waals surface area contributed by atoms with E-state index in [1.165, 1.54) is 0 Å². The highest BCUT2D eigenvalue weighted by Crippen LogP contribution is 2.24. The second kappa shape index (κ2) is 6.73. The first-order valence-electron chi connectivity index (χ1n) is 6.13. The lowest BCUT2D eigenvalue weighted by Crippen LogP contribution is -2.27. The molecule has 0 fully saturated rings. The molecular formula is C15H19NO3. The van der Waals surface area contributed by atoms with Crippen molar-refractivity contribution in [2.75, 3.05) is 6.54 Å². The van der Waals surface area contributed by atoms with Gasteiger partial charge in [-0.15, -0.1) is 6.58 Å². The third-order valence-electron chi connectivity index (χ3n) is 2.93. The molecule has 1 atom stereocenters. The summed E-state index contributed by atoms with van der Waals surface area (Å²) in [7, 11) is 0. The zero-order valence-corrected chi connectivity index (χ0v) is 11.3. The second-order valence-electron chi connectivity index (χ2n) is 4.55. The number of rotatable bonds is 6. The Balaban J connectivity index is 2.91. The number of carboxylic acid groups (broad SMARTS) is 1. The summed E-state index contributed by atoms with van der Waals surface area (Å²) in [5.74, 6) is -2.08. The maximum Gasteiger partial charge on any atom is 0.311 e. The summed E-state index contributed by atoms with van der Waals surface area (Å²) < 4.78 is 0. The van der Waals surface area contributed by atoms with Gasteiger partial charge in [-0.05, 0) is 25.0 Å². The lowest BCUT2D eigenvalue weighted by molar-refractivity contribution is -0.140. The summed E-state index contributed by atoms with van der Waals surface area (Å²) in [6.07, 6.45) is 1.50. The van der Waals surface area contributed by atoms with E-state index in [4.69, 9.17) is 0 Å². The number of aliphatic carboxylic acids is 1. The third kappa shape index (κ3) is 4.25. The molecule has 0 saturated heterocycles.